The molecule has 0 aliphatic carbocycles. The van der Waals surface area contributed by atoms with Gasteiger partial charge in [0.15, 0.2) is 0 Å². The minimum absolute atomic E-state index is 0.899. The lowest BCUT2D eigenvalue weighted by Crippen LogP contribution is -2.17. The predicted molar refractivity (Wildman–Crippen MR) is 114 cm³/mol. The van der Waals surface area contributed by atoms with E-state index in [-0.39, 0.29) is 0 Å². The van der Waals surface area contributed by atoms with Crippen molar-refractivity contribution in [2.24, 2.45) is 0 Å². The van der Waals surface area contributed by atoms with E-state index in [9.17, 15) is 0 Å². The van der Waals surface area contributed by atoms with Gasteiger partial charge in [-0.1, -0.05) is 72.8 Å². The second kappa shape index (κ2) is 8.15. The summed E-state index contributed by atoms with van der Waals surface area (Å²) in [5.74, 6) is 0. The lowest BCUT2D eigenvalue weighted by molar-refractivity contribution is 0.684. The summed E-state index contributed by atoms with van der Waals surface area (Å²) in [5.41, 5.74) is 6.17. The predicted octanol–water partition coefficient (Wildman–Crippen LogP) is 5.54. The van der Waals surface area contributed by atoms with Gasteiger partial charge in [-0.25, -0.2) is 0 Å². The highest BCUT2D eigenvalue weighted by molar-refractivity contribution is 5.96. The van der Waals surface area contributed by atoms with E-state index < -0.39 is 0 Å². The second-order valence-electron chi connectivity index (χ2n) is 6.91. The van der Waals surface area contributed by atoms with Crippen LogP contribution in [0, 0.1) is 6.92 Å². The largest absolute Gasteiger partial charge is 0.312 e. The molecule has 0 aliphatic heterocycles. The molecule has 4 rings (SSSR count). The van der Waals surface area contributed by atoms with Crippen molar-refractivity contribution in [3.8, 4) is 11.1 Å². The molecule has 3 aromatic carbocycles. The van der Waals surface area contributed by atoms with Crippen LogP contribution in [0.2, 0.25) is 0 Å². The number of benzene rings is 3. The number of rotatable bonds is 6. The maximum absolute atomic E-state index is 4.67. The molecule has 0 radical (unpaired) electrons. The van der Waals surface area contributed by atoms with Crippen LogP contribution in [0.1, 0.15) is 16.8 Å². The summed E-state index contributed by atoms with van der Waals surface area (Å²) < 4.78 is 0. The van der Waals surface area contributed by atoms with E-state index in [2.05, 4.69) is 96.1 Å². The van der Waals surface area contributed by atoms with Gasteiger partial charge in [-0.3, -0.25) is 4.98 Å². The van der Waals surface area contributed by atoms with Crippen LogP contribution in [-0.2, 0) is 13.0 Å². The summed E-state index contributed by atoms with van der Waals surface area (Å²) in [5, 5.41) is 6.08. The maximum atomic E-state index is 4.67. The molecule has 0 bridgehead atoms. The van der Waals surface area contributed by atoms with E-state index in [0.717, 1.165) is 25.2 Å². The highest BCUT2D eigenvalue weighted by atomic mass is 14.8. The van der Waals surface area contributed by atoms with E-state index in [1.807, 2.05) is 6.20 Å². The molecule has 1 N–H and O–H groups in total. The number of nitrogens with zero attached hydrogens (tertiary/aromatic N) is 1. The summed E-state index contributed by atoms with van der Waals surface area (Å²) in [6.45, 7) is 3.94. The van der Waals surface area contributed by atoms with Crippen LogP contribution >= 0.6 is 0 Å². The summed E-state index contributed by atoms with van der Waals surface area (Å²) in [6, 6.07) is 27.8. The van der Waals surface area contributed by atoms with Crippen molar-refractivity contribution >= 4 is 10.8 Å². The van der Waals surface area contributed by atoms with Crippen LogP contribution in [0.25, 0.3) is 21.9 Å². The van der Waals surface area contributed by atoms with Crippen LogP contribution in [0.3, 0.4) is 0 Å². The van der Waals surface area contributed by atoms with Gasteiger partial charge in [0.1, 0.15) is 0 Å². The summed E-state index contributed by atoms with van der Waals surface area (Å²) in [7, 11) is 0. The Morgan fingerprint density at radius 2 is 1.63 bits per heavy atom. The first-order valence-electron chi connectivity index (χ1n) is 9.49. The molecule has 134 valence electrons. The number of fused-ring (bicyclic) bond motifs is 1. The molecule has 2 heteroatoms. The topological polar surface area (TPSA) is 24.9 Å². The number of aryl methyl sites for hydroxylation is 1. The van der Waals surface area contributed by atoms with Gasteiger partial charge in [-0.05, 0) is 53.4 Å². The van der Waals surface area contributed by atoms with E-state index in [0.29, 0.717) is 0 Å². The standard InChI is InChI=1S/C25H24N2/c1-19-22(14-15-26-17-20-8-3-2-4-9-20)16-23(18-27-19)25-13-7-11-21-10-5-6-12-24(21)25/h2-13,16,18,26H,14-15,17H2,1H3. The van der Waals surface area contributed by atoms with E-state index in [1.54, 1.807) is 0 Å². The Labute approximate surface area is 160 Å². The maximum Gasteiger partial charge on any atom is 0.0405 e. The smallest absolute Gasteiger partial charge is 0.0405 e. The first kappa shape index (κ1) is 17.4. The monoisotopic (exact) mass is 352 g/mol. The van der Waals surface area contributed by atoms with Crippen LogP contribution in [-0.4, -0.2) is 11.5 Å². The van der Waals surface area contributed by atoms with Crippen molar-refractivity contribution < 1.29 is 0 Å². The van der Waals surface area contributed by atoms with Gasteiger partial charge < -0.3 is 5.32 Å². The molecule has 0 saturated carbocycles. The Balaban J connectivity index is 1.51. The number of aromatic nitrogens is 1. The Morgan fingerprint density at radius 3 is 2.52 bits per heavy atom. The molecule has 0 amide bonds. The van der Waals surface area contributed by atoms with Crippen molar-refractivity contribution in [3.05, 3.63) is 102 Å². The Bertz CT molecular complexity index is 1030. The molecule has 0 unspecified atom stereocenters. The summed E-state index contributed by atoms with van der Waals surface area (Å²) in [4.78, 5) is 4.67. The summed E-state index contributed by atoms with van der Waals surface area (Å²) in [6.07, 6.45) is 2.97. The minimum Gasteiger partial charge on any atom is -0.312 e. The molecule has 2 nitrogen and oxygen atoms in total. The molecule has 0 aliphatic rings. The third-order valence-electron chi connectivity index (χ3n) is 5.04. The van der Waals surface area contributed by atoms with Crippen molar-refractivity contribution in [2.75, 3.05) is 6.54 Å². The lowest BCUT2D eigenvalue weighted by atomic mass is 9.97. The number of hydrogen-bond donors (Lipinski definition) is 1. The van der Waals surface area contributed by atoms with Gasteiger partial charge in [0, 0.05) is 24.0 Å². The Kier molecular flexibility index (Phi) is 5.27. The van der Waals surface area contributed by atoms with Crippen LogP contribution < -0.4 is 5.32 Å². The first-order chi connectivity index (χ1) is 13.3. The third-order valence-corrected chi connectivity index (χ3v) is 5.04. The number of nitrogens with one attached hydrogen (secondary N) is 1. The van der Waals surface area contributed by atoms with Gasteiger partial charge in [0.2, 0.25) is 0 Å². The average molecular weight is 352 g/mol. The highest BCUT2D eigenvalue weighted by Crippen LogP contribution is 2.29. The van der Waals surface area contributed by atoms with Crippen molar-refractivity contribution in [1.82, 2.24) is 10.3 Å². The van der Waals surface area contributed by atoms with Crippen molar-refractivity contribution in [2.45, 2.75) is 19.9 Å². The molecule has 0 fully saturated rings. The van der Waals surface area contributed by atoms with E-state index >= 15 is 0 Å². The van der Waals surface area contributed by atoms with Crippen LogP contribution in [0.15, 0.2) is 85.1 Å². The fraction of sp³-hybridized carbons (Fsp3) is 0.160. The molecule has 27 heavy (non-hydrogen) atoms. The zero-order valence-corrected chi connectivity index (χ0v) is 15.7. The zero-order valence-electron chi connectivity index (χ0n) is 15.7. The van der Waals surface area contributed by atoms with E-state index in [1.165, 1.54) is 33.0 Å². The molecule has 1 heterocycles. The van der Waals surface area contributed by atoms with E-state index in [4.69, 9.17) is 0 Å². The lowest BCUT2D eigenvalue weighted by Gasteiger charge is -2.11. The highest BCUT2D eigenvalue weighted by Gasteiger charge is 2.07. The van der Waals surface area contributed by atoms with Crippen molar-refractivity contribution in [3.63, 3.8) is 0 Å². The molecule has 4 aromatic rings. The van der Waals surface area contributed by atoms with Crippen LogP contribution in [0.4, 0.5) is 0 Å². The van der Waals surface area contributed by atoms with Gasteiger partial charge in [0.05, 0.1) is 0 Å². The quantitative estimate of drug-likeness (QED) is 0.461. The Morgan fingerprint density at radius 1 is 0.852 bits per heavy atom. The van der Waals surface area contributed by atoms with Crippen LogP contribution in [0.5, 0.6) is 0 Å². The average Bonchev–Trinajstić information content (AvgIpc) is 2.73. The number of hydrogen-bond acceptors (Lipinski definition) is 2. The summed E-state index contributed by atoms with van der Waals surface area (Å²) >= 11 is 0. The third kappa shape index (κ3) is 4.07. The fourth-order valence-corrected chi connectivity index (χ4v) is 3.51. The fourth-order valence-electron chi connectivity index (χ4n) is 3.51. The molecular weight excluding hydrogens is 328 g/mol. The number of pyridine rings is 1. The SMILES string of the molecule is Cc1ncc(-c2cccc3ccccc23)cc1CCNCc1ccccc1. The van der Waals surface area contributed by atoms with Gasteiger partial charge >= 0.3 is 0 Å². The van der Waals surface area contributed by atoms with Gasteiger partial charge in [-0.2, -0.15) is 0 Å². The first-order valence-corrected chi connectivity index (χ1v) is 9.49. The van der Waals surface area contributed by atoms with Gasteiger partial charge in [0.25, 0.3) is 0 Å². The zero-order chi connectivity index (χ0) is 18.5. The molecule has 0 saturated heterocycles. The Hall–Kier alpha value is -2.97. The molecule has 0 atom stereocenters. The molecule has 0 spiro atoms. The second-order valence-corrected chi connectivity index (χ2v) is 6.91. The minimum atomic E-state index is 0.899. The normalized spacial score (nSPS) is 11.0. The van der Waals surface area contributed by atoms with Crippen molar-refractivity contribution in [1.29, 1.82) is 0 Å². The van der Waals surface area contributed by atoms with Gasteiger partial charge in [-0.15, -0.1) is 0 Å². The molecular formula is C25H24N2. The molecule has 1 aromatic heterocycles.